The molecule has 1 fully saturated rings. The summed E-state index contributed by atoms with van der Waals surface area (Å²) in [5, 5.41) is 3.30. The summed E-state index contributed by atoms with van der Waals surface area (Å²) in [5.74, 6) is -0.625. The van der Waals surface area contributed by atoms with Gasteiger partial charge in [-0.15, -0.1) is 0 Å². The van der Waals surface area contributed by atoms with Crippen molar-refractivity contribution in [2.75, 3.05) is 13.1 Å². The first-order valence-corrected chi connectivity index (χ1v) is 6.96. The molecule has 0 radical (unpaired) electrons. The highest BCUT2D eigenvalue weighted by molar-refractivity contribution is 5.21. The molecule has 1 saturated heterocycles. The molecule has 4 heteroatoms. The summed E-state index contributed by atoms with van der Waals surface area (Å²) in [6.45, 7) is 5.69. The maximum absolute atomic E-state index is 13.3. The number of hydrogen-bond donors (Lipinski definition) is 1. The van der Waals surface area contributed by atoms with Gasteiger partial charge in [0.1, 0.15) is 11.6 Å². The van der Waals surface area contributed by atoms with E-state index in [-0.39, 0.29) is 12.2 Å². The number of ether oxygens (including phenoxy) is 1. The van der Waals surface area contributed by atoms with Gasteiger partial charge in [-0.3, -0.25) is 0 Å². The summed E-state index contributed by atoms with van der Waals surface area (Å²) in [6, 6.07) is 3.59. The molecule has 2 unspecified atom stereocenters. The number of nitrogens with one attached hydrogen (secondary N) is 1. The topological polar surface area (TPSA) is 21.3 Å². The molecule has 1 aromatic rings. The second-order valence-corrected chi connectivity index (χ2v) is 5.10. The quantitative estimate of drug-likeness (QED) is 0.904. The van der Waals surface area contributed by atoms with Gasteiger partial charge in [-0.05, 0) is 23.6 Å². The predicted octanol–water partition coefficient (Wildman–Crippen LogP) is 3.43. The average molecular weight is 269 g/mol. The highest BCUT2D eigenvalue weighted by Crippen LogP contribution is 2.27. The lowest BCUT2D eigenvalue weighted by atomic mass is 9.94. The summed E-state index contributed by atoms with van der Waals surface area (Å²) >= 11 is 0. The molecule has 0 saturated carbocycles. The summed E-state index contributed by atoms with van der Waals surface area (Å²) in [7, 11) is 0. The molecule has 1 aliphatic heterocycles. The standard InChI is InChI=1S/C15H21F2NO/c1-3-10(4-2)14-8-18-9-15(19-14)11-5-12(16)7-13(17)6-11/h5-7,10,14-15,18H,3-4,8-9H2,1-2H3. The molecular weight excluding hydrogens is 248 g/mol. The second-order valence-electron chi connectivity index (χ2n) is 5.10. The molecule has 1 aliphatic rings. The summed E-state index contributed by atoms with van der Waals surface area (Å²) in [6.07, 6.45) is 1.93. The van der Waals surface area contributed by atoms with E-state index < -0.39 is 11.6 Å². The molecule has 0 aliphatic carbocycles. The Morgan fingerprint density at radius 1 is 1.16 bits per heavy atom. The van der Waals surface area contributed by atoms with Crippen molar-refractivity contribution in [3.63, 3.8) is 0 Å². The van der Waals surface area contributed by atoms with Crippen LogP contribution in [0.4, 0.5) is 8.78 Å². The first kappa shape index (κ1) is 14.4. The molecule has 2 atom stereocenters. The molecule has 0 aromatic heterocycles. The number of rotatable bonds is 4. The average Bonchev–Trinajstić information content (AvgIpc) is 2.39. The van der Waals surface area contributed by atoms with Crippen molar-refractivity contribution < 1.29 is 13.5 Å². The highest BCUT2D eigenvalue weighted by atomic mass is 19.1. The molecule has 1 aromatic carbocycles. The van der Waals surface area contributed by atoms with E-state index in [1.165, 1.54) is 12.1 Å². The zero-order valence-corrected chi connectivity index (χ0v) is 11.5. The van der Waals surface area contributed by atoms with Crippen LogP contribution in [0.3, 0.4) is 0 Å². The Hall–Kier alpha value is -1.00. The lowest BCUT2D eigenvalue weighted by Gasteiger charge is -2.35. The second kappa shape index (κ2) is 6.44. The Bertz CT molecular complexity index is 400. The third kappa shape index (κ3) is 3.51. The zero-order chi connectivity index (χ0) is 13.8. The van der Waals surface area contributed by atoms with Crippen molar-refractivity contribution in [3.8, 4) is 0 Å². The van der Waals surface area contributed by atoms with Crippen LogP contribution in [0.1, 0.15) is 38.4 Å². The van der Waals surface area contributed by atoms with Gasteiger partial charge >= 0.3 is 0 Å². The van der Waals surface area contributed by atoms with E-state index in [9.17, 15) is 8.78 Å². The van der Waals surface area contributed by atoms with Crippen LogP contribution in [0.25, 0.3) is 0 Å². The third-order valence-electron chi connectivity index (χ3n) is 3.85. The lowest BCUT2D eigenvalue weighted by molar-refractivity contribution is -0.0690. The van der Waals surface area contributed by atoms with Gasteiger partial charge in [0, 0.05) is 19.2 Å². The number of halogens is 2. The largest absolute Gasteiger partial charge is 0.367 e. The first-order chi connectivity index (χ1) is 9.13. The van der Waals surface area contributed by atoms with Crippen LogP contribution in [0.5, 0.6) is 0 Å². The van der Waals surface area contributed by atoms with Gasteiger partial charge in [0.2, 0.25) is 0 Å². The molecule has 19 heavy (non-hydrogen) atoms. The van der Waals surface area contributed by atoms with Gasteiger partial charge in [-0.2, -0.15) is 0 Å². The van der Waals surface area contributed by atoms with Gasteiger partial charge in [0.25, 0.3) is 0 Å². The van der Waals surface area contributed by atoms with E-state index in [1.54, 1.807) is 0 Å². The molecule has 106 valence electrons. The molecule has 1 heterocycles. The van der Waals surface area contributed by atoms with E-state index in [4.69, 9.17) is 4.74 Å². The van der Waals surface area contributed by atoms with Crippen molar-refractivity contribution in [2.45, 2.75) is 38.9 Å². The van der Waals surface area contributed by atoms with Crippen LogP contribution < -0.4 is 5.32 Å². The van der Waals surface area contributed by atoms with Crippen LogP contribution in [0.15, 0.2) is 18.2 Å². The Balaban J connectivity index is 2.12. The van der Waals surface area contributed by atoms with E-state index in [2.05, 4.69) is 19.2 Å². The van der Waals surface area contributed by atoms with Gasteiger partial charge < -0.3 is 10.1 Å². The molecular formula is C15H21F2NO. The van der Waals surface area contributed by atoms with Crippen molar-refractivity contribution in [1.29, 1.82) is 0 Å². The van der Waals surface area contributed by atoms with Crippen molar-refractivity contribution in [3.05, 3.63) is 35.4 Å². The van der Waals surface area contributed by atoms with Gasteiger partial charge in [0.15, 0.2) is 0 Å². The van der Waals surface area contributed by atoms with Crippen LogP contribution in [0, 0.1) is 17.6 Å². The highest BCUT2D eigenvalue weighted by Gasteiger charge is 2.28. The summed E-state index contributed by atoms with van der Waals surface area (Å²) in [4.78, 5) is 0. The first-order valence-electron chi connectivity index (χ1n) is 6.96. The molecule has 0 amide bonds. The predicted molar refractivity (Wildman–Crippen MR) is 70.9 cm³/mol. The minimum absolute atomic E-state index is 0.111. The molecule has 0 bridgehead atoms. The van der Waals surface area contributed by atoms with Crippen LogP contribution in [-0.4, -0.2) is 19.2 Å². The normalized spacial score (nSPS) is 23.8. The smallest absolute Gasteiger partial charge is 0.126 e. The van der Waals surface area contributed by atoms with Crippen LogP contribution in [0.2, 0.25) is 0 Å². The molecule has 1 N–H and O–H groups in total. The maximum atomic E-state index is 13.3. The number of benzene rings is 1. The summed E-state index contributed by atoms with van der Waals surface area (Å²) < 4.78 is 32.5. The zero-order valence-electron chi connectivity index (χ0n) is 11.5. The monoisotopic (exact) mass is 269 g/mol. The molecule has 0 spiro atoms. The number of hydrogen-bond acceptors (Lipinski definition) is 2. The van der Waals surface area contributed by atoms with Crippen molar-refractivity contribution in [1.82, 2.24) is 5.32 Å². The fourth-order valence-electron chi connectivity index (χ4n) is 2.71. The fraction of sp³-hybridized carbons (Fsp3) is 0.600. The Morgan fingerprint density at radius 3 is 2.37 bits per heavy atom. The van der Waals surface area contributed by atoms with E-state index in [1.807, 2.05) is 0 Å². The summed E-state index contributed by atoms with van der Waals surface area (Å²) in [5.41, 5.74) is 0.570. The van der Waals surface area contributed by atoms with Gasteiger partial charge in [-0.1, -0.05) is 26.7 Å². The fourth-order valence-corrected chi connectivity index (χ4v) is 2.71. The SMILES string of the molecule is CCC(CC)C1CNCC(c2cc(F)cc(F)c2)O1. The maximum Gasteiger partial charge on any atom is 0.126 e. The Kier molecular flexibility index (Phi) is 4.88. The van der Waals surface area contributed by atoms with E-state index in [0.29, 0.717) is 18.0 Å². The van der Waals surface area contributed by atoms with E-state index >= 15 is 0 Å². The van der Waals surface area contributed by atoms with Crippen molar-refractivity contribution in [2.24, 2.45) is 5.92 Å². The van der Waals surface area contributed by atoms with Crippen molar-refractivity contribution >= 4 is 0 Å². The van der Waals surface area contributed by atoms with Gasteiger partial charge in [-0.25, -0.2) is 8.78 Å². The number of morpholine rings is 1. The Morgan fingerprint density at radius 2 is 1.79 bits per heavy atom. The van der Waals surface area contributed by atoms with Gasteiger partial charge in [0.05, 0.1) is 12.2 Å². The minimum Gasteiger partial charge on any atom is -0.367 e. The third-order valence-corrected chi connectivity index (χ3v) is 3.85. The minimum atomic E-state index is -0.553. The molecule has 2 rings (SSSR count). The van der Waals surface area contributed by atoms with E-state index in [0.717, 1.165) is 25.5 Å². The van der Waals surface area contributed by atoms with Crippen LogP contribution >= 0.6 is 0 Å². The van der Waals surface area contributed by atoms with Crippen LogP contribution in [-0.2, 0) is 4.74 Å². The molecule has 2 nitrogen and oxygen atoms in total. The lowest BCUT2D eigenvalue weighted by Crippen LogP contribution is -2.44. The Labute approximate surface area is 113 Å².